The molecule has 152 valence electrons. The number of fused-ring (bicyclic) bond motifs is 1. The number of para-hydroxylation sites is 2. The first kappa shape index (κ1) is 19.6. The van der Waals surface area contributed by atoms with Crippen molar-refractivity contribution >= 4 is 16.9 Å². The summed E-state index contributed by atoms with van der Waals surface area (Å²) in [5, 5.41) is 2.89. The number of amides is 1. The summed E-state index contributed by atoms with van der Waals surface area (Å²) in [4.78, 5) is 16.4. The van der Waals surface area contributed by atoms with E-state index in [2.05, 4.69) is 33.1 Å². The Kier molecular flexibility index (Phi) is 6.03. The van der Waals surface area contributed by atoms with E-state index in [1.54, 1.807) is 12.1 Å². The third-order valence-corrected chi connectivity index (χ3v) is 4.80. The summed E-state index contributed by atoms with van der Waals surface area (Å²) >= 11 is 0. The first-order chi connectivity index (χ1) is 14.7. The van der Waals surface area contributed by atoms with Gasteiger partial charge in [-0.15, -0.1) is 0 Å². The van der Waals surface area contributed by atoms with Crippen LogP contribution in [0.3, 0.4) is 0 Å². The predicted molar refractivity (Wildman–Crippen MR) is 114 cm³/mol. The Morgan fingerprint density at radius 3 is 2.50 bits per heavy atom. The van der Waals surface area contributed by atoms with Crippen molar-refractivity contribution in [2.75, 3.05) is 6.61 Å². The molecule has 0 radical (unpaired) electrons. The van der Waals surface area contributed by atoms with Gasteiger partial charge < -0.3 is 14.6 Å². The van der Waals surface area contributed by atoms with E-state index in [0.717, 1.165) is 23.1 Å². The van der Waals surface area contributed by atoms with Crippen molar-refractivity contribution in [3.05, 3.63) is 96.1 Å². The first-order valence-electron chi connectivity index (χ1n) is 9.80. The van der Waals surface area contributed by atoms with Crippen LogP contribution in [0.4, 0.5) is 4.39 Å². The third-order valence-electron chi connectivity index (χ3n) is 4.80. The minimum absolute atomic E-state index is 0.0916. The summed E-state index contributed by atoms with van der Waals surface area (Å²) in [5.74, 6) is 0.140. The lowest BCUT2D eigenvalue weighted by Crippen LogP contribution is -2.24. The quantitative estimate of drug-likeness (QED) is 0.477. The van der Waals surface area contributed by atoms with E-state index >= 15 is 0 Å². The topological polar surface area (TPSA) is 56.1 Å². The first-order valence-corrected chi connectivity index (χ1v) is 9.80. The zero-order valence-corrected chi connectivity index (χ0v) is 16.4. The van der Waals surface area contributed by atoms with Crippen molar-refractivity contribution in [2.45, 2.75) is 19.5 Å². The van der Waals surface area contributed by atoms with E-state index in [-0.39, 0.29) is 24.8 Å². The molecule has 6 heteroatoms. The maximum Gasteiger partial charge on any atom is 0.223 e. The number of hydrogen-bond acceptors (Lipinski definition) is 3. The van der Waals surface area contributed by atoms with Crippen LogP contribution in [0.5, 0.6) is 5.75 Å². The molecule has 4 aromatic rings. The van der Waals surface area contributed by atoms with Gasteiger partial charge in [-0.3, -0.25) is 4.79 Å². The highest BCUT2D eigenvalue weighted by Gasteiger charge is 2.05. The molecule has 0 aliphatic rings. The molecule has 0 saturated carbocycles. The highest BCUT2D eigenvalue weighted by atomic mass is 19.1. The van der Waals surface area contributed by atoms with E-state index in [1.165, 1.54) is 17.7 Å². The van der Waals surface area contributed by atoms with E-state index in [9.17, 15) is 9.18 Å². The Labute approximate surface area is 174 Å². The lowest BCUT2D eigenvalue weighted by atomic mass is 10.1. The summed E-state index contributed by atoms with van der Waals surface area (Å²) in [7, 11) is 0. The molecule has 0 bridgehead atoms. The Morgan fingerprint density at radius 1 is 0.967 bits per heavy atom. The fourth-order valence-corrected chi connectivity index (χ4v) is 3.18. The van der Waals surface area contributed by atoms with Crippen molar-refractivity contribution in [3.63, 3.8) is 0 Å². The zero-order valence-electron chi connectivity index (χ0n) is 16.4. The highest BCUT2D eigenvalue weighted by Crippen LogP contribution is 2.15. The predicted octanol–water partition coefficient (Wildman–Crippen LogP) is 4.31. The number of halogens is 1. The van der Waals surface area contributed by atoms with Crippen LogP contribution in [0, 0.1) is 5.82 Å². The molecule has 1 amide bonds. The van der Waals surface area contributed by atoms with Crippen LogP contribution in [0.25, 0.3) is 11.0 Å². The average Bonchev–Trinajstić information content (AvgIpc) is 3.17. The summed E-state index contributed by atoms with van der Waals surface area (Å²) in [5.41, 5.74) is 4.29. The summed E-state index contributed by atoms with van der Waals surface area (Å²) in [6, 6.07) is 22.0. The molecule has 5 nitrogen and oxygen atoms in total. The average molecular weight is 403 g/mol. The van der Waals surface area contributed by atoms with Gasteiger partial charge >= 0.3 is 0 Å². The van der Waals surface area contributed by atoms with Gasteiger partial charge in [-0.05, 0) is 47.5 Å². The lowest BCUT2D eigenvalue weighted by molar-refractivity contribution is -0.121. The minimum atomic E-state index is -0.315. The minimum Gasteiger partial charge on any atom is -0.493 e. The maximum atomic E-state index is 12.9. The molecule has 0 atom stereocenters. The third kappa shape index (κ3) is 5.03. The Morgan fingerprint density at radius 2 is 1.70 bits per heavy atom. The summed E-state index contributed by atoms with van der Waals surface area (Å²) in [6.07, 6.45) is 2.09. The van der Waals surface area contributed by atoms with Gasteiger partial charge in [0.25, 0.3) is 0 Å². The van der Waals surface area contributed by atoms with Crippen LogP contribution in [0.2, 0.25) is 0 Å². The van der Waals surface area contributed by atoms with Crippen LogP contribution in [-0.4, -0.2) is 22.1 Å². The van der Waals surface area contributed by atoms with E-state index < -0.39 is 0 Å². The molecule has 1 heterocycles. The van der Waals surface area contributed by atoms with Gasteiger partial charge in [0.05, 0.1) is 30.4 Å². The monoisotopic (exact) mass is 403 g/mol. The Hall–Kier alpha value is -3.67. The van der Waals surface area contributed by atoms with Crippen LogP contribution >= 0.6 is 0 Å². The Balaban J connectivity index is 1.23. The molecule has 0 spiro atoms. The second-order valence-corrected chi connectivity index (χ2v) is 7.01. The van der Waals surface area contributed by atoms with Gasteiger partial charge in [0.1, 0.15) is 11.6 Å². The fourth-order valence-electron chi connectivity index (χ4n) is 3.18. The molecule has 1 aromatic heterocycles. The van der Waals surface area contributed by atoms with E-state index in [1.807, 2.05) is 36.7 Å². The number of hydrogen-bond donors (Lipinski definition) is 1. The number of imidazole rings is 1. The van der Waals surface area contributed by atoms with Gasteiger partial charge in [0.15, 0.2) is 0 Å². The number of nitrogens with zero attached hydrogens (tertiary/aromatic N) is 2. The van der Waals surface area contributed by atoms with Gasteiger partial charge in [-0.1, -0.05) is 36.4 Å². The van der Waals surface area contributed by atoms with Crippen molar-refractivity contribution in [1.29, 1.82) is 0 Å². The zero-order chi connectivity index (χ0) is 20.8. The number of nitrogens with one attached hydrogen (secondary N) is 1. The molecular formula is C24H22FN3O2. The second kappa shape index (κ2) is 9.22. The van der Waals surface area contributed by atoms with Crippen molar-refractivity contribution in [3.8, 4) is 5.75 Å². The fraction of sp³-hybridized carbons (Fsp3) is 0.167. The van der Waals surface area contributed by atoms with Gasteiger partial charge in [0.2, 0.25) is 5.91 Å². The molecule has 3 aromatic carbocycles. The largest absolute Gasteiger partial charge is 0.493 e. The number of ether oxygens (including phenoxy) is 1. The van der Waals surface area contributed by atoms with Crippen LogP contribution in [0.15, 0.2) is 79.1 Å². The summed E-state index contributed by atoms with van der Waals surface area (Å²) in [6.45, 7) is 1.45. The molecule has 0 aliphatic heterocycles. The van der Waals surface area contributed by atoms with Crippen molar-refractivity contribution in [2.24, 2.45) is 0 Å². The molecule has 1 N–H and O–H groups in total. The summed E-state index contributed by atoms with van der Waals surface area (Å²) < 4.78 is 20.4. The van der Waals surface area contributed by atoms with Crippen molar-refractivity contribution in [1.82, 2.24) is 14.9 Å². The highest BCUT2D eigenvalue weighted by molar-refractivity contribution is 5.76. The van der Waals surface area contributed by atoms with E-state index in [0.29, 0.717) is 12.3 Å². The molecular weight excluding hydrogens is 381 g/mol. The molecule has 0 fully saturated rings. The van der Waals surface area contributed by atoms with E-state index in [4.69, 9.17) is 4.74 Å². The van der Waals surface area contributed by atoms with Gasteiger partial charge in [0, 0.05) is 13.1 Å². The number of aromatic nitrogens is 2. The maximum absolute atomic E-state index is 12.9. The normalized spacial score (nSPS) is 10.8. The molecule has 30 heavy (non-hydrogen) atoms. The Bertz CT molecular complexity index is 1120. The molecule has 0 unspecified atom stereocenters. The SMILES string of the molecule is O=C(CCOc1ccc(F)cc1)NCc1ccc(Cn2cnc3ccccc32)cc1. The number of benzene rings is 3. The number of carbonyl (C=O) groups is 1. The molecule has 0 aliphatic carbocycles. The van der Waals surface area contributed by atoms with Crippen LogP contribution < -0.4 is 10.1 Å². The molecule has 4 rings (SSSR count). The molecule has 0 saturated heterocycles. The standard InChI is InChI=1S/C24H22FN3O2/c25-20-9-11-21(12-10-20)30-14-13-24(29)26-15-18-5-7-19(8-6-18)16-28-17-27-22-3-1-2-4-23(22)28/h1-12,17H,13-16H2,(H,26,29). The van der Waals surface area contributed by atoms with Gasteiger partial charge in [-0.2, -0.15) is 0 Å². The smallest absolute Gasteiger partial charge is 0.223 e. The lowest BCUT2D eigenvalue weighted by Gasteiger charge is -2.09. The van der Waals surface area contributed by atoms with Crippen LogP contribution in [-0.2, 0) is 17.9 Å². The second-order valence-electron chi connectivity index (χ2n) is 7.01. The number of rotatable bonds is 8. The van der Waals surface area contributed by atoms with Gasteiger partial charge in [-0.25, -0.2) is 9.37 Å². The van der Waals surface area contributed by atoms with Crippen molar-refractivity contribution < 1.29 is 13.9 Å². The van der Waals surface area contributed by atoms with Crippen LogP contribution in [0.1, 0.15) is 17.5 Å². The number of carbonyl (C=O) groups excluding carboxylic acids is 1.